The van der Waals surface area contributed by atoms with Gasteiger partial charge in [0, 0.05) is 12.0 Å². The predicted octanol–water partition coefficient (Wildman–Crippen LogP) is 3.90. The molecule has 3 atom stereocenters. The Morgan fingerprint density at radius 3 is 2.32 bits per heavy atom. The maximum absolute atomic E-state index is 12.5. The smallest absolute Gasteiger partial charge is 0.223 e. The third-order valence-corrected chi connectivity index (χ3v) is 6.53. The van der Waals surface area contributed by atoms with Gasteiger partial charge in [-0.3, -0.25) is 4.79 Å². The number of hydrogen-bond donors (Lipinski definition) is 1. The molecule has 0 aromatic carbocycles. The fraction of sp³-hybridized carbons (Fsp3) is 0.941. The van der Waals surface area contributed by atoms with Gasteiger partial charge in [0.2, 0.25) is 5.91 Å². The molecule has 3 rings (SSSR count). The van der Waals surface area contributed by atoms with Gasteiger partial charge in [0.05, 0.1) is 0 Å². The lowest BCUT2D eigenvalue weighted by Crippen LogP contribution is -2.53. The van der Waals surface area contributed by atoms with E-state index in [-0.39, 0.29) is 5.41 Å². The number of nitrogens with one attached hydrogen (secondary N) is 1. The van der Waals surface area contributed by atoms with Crippen LogP contribution in [0, 0.1) is 22.7 Å². The molecular weight excluding hydrogens is 234 g/mol. The van der Waals surface area contributed by atoms with Crippen LogP contribution in [0.1, 0.15) is 72.1 Å². The molecule has 108 valence electrons. The highest BCUT2D eigenvalue weighted by Gasteiger charge is 2.59. The molecule has 3 saturated carbocycles. The Morgan fingerprint density at radius 1 is 1.05 bits per heavy atom. The highest BCUT2D eigenvalue weighted by molar-refractivity contribution is 5.79. The predicted molar refractivity (Wildman–Crippen MR) is 77.7 cm³/mol. The number of carbonyl (C=O) groups excluding carboxylic acids is 1. The molecule has 0 aromatic rings. The number of amides is 1. The summed E-state index contributed by atoms with van der Waals surface area (Å²) < 4.78 is 0. The van der Waals surface area contributed by atoms with E-state index in [0.717, 1.165) is 18.8 Å². The normalized spacial score (nSPS) is 41.4. The van der Waals surface area contributed by atoms with Crippen molar-refractivity contribution in [1.29, 1.82) is 0 Å². The first-order valence-electron chi connectivity index (χ1n) is 8.24. The van der Waals surface area contributed by atoms with Crippen LogP contribution in [0.4, 0.5) is 0 Å². The van der Waals surface area contributed by atoms with E-state index >= 15 is 0 Å². The average Bonchev–Trinajstić information content (AvgIpc) is 2.87. The summed E-state index contributed by atoms with van der Waals surface area (Å²) in [5.41, 5.74) is 0.649. The van der Waals surface area contributed by atoms with E-state index in [9.17, 15) is 4.79 Å². The van der Waals surface area contributed by atoms with Crippen molar-refractivity contribution in [3.05, 3.63) is 0 Å². The molecule has 19 heavy (non-hydrogen) atoms. The Hall–Kier alpha value is -0.530. The third kappa shape index (κ3) is 2.11. The van der Waals surface area contributed by atoms with Gasteiger partial charge in [-0.15, -0.1) is 0 Å². The molecule has 1 amide bonds. The van der Waals surface area contributed by atoms with Crippen molar-refractivity contribution in [2.75, 3.05) is 0 Å². The van der Waals surface area contributed by atoms with Gasteiger partial charge in [-0.1, -0.05) is 40.0 Å². The van der Waals surface area contributed by atoms with E-state index < -0.39 is 0 Å². The minimum Gasteiger partial charge on any atom is -0.352 e. The van der Waals surface area contributed by atoms with Crippen LogP contribution < -0.4 is 5.32 Å². The minimum absolute atomic E-state index is 0.289. The van der Waals surface area contributed by atoms with Gasteiger partial charge in [0.1, 0.15) is 0 Å². The molecule has 2 nitrogen and oxygen atoms in total. The van der Waals surface area contributed by atoms with Crippen molar-refractivity contribution in [3.63, 3.8) is 0 Å². The Balaban J connectivity index is 1.70. The summed E-state index contributed by atoms with van der Waals surface area (Å²) in [4.78, 5) is 12.5. The molecule has 3 fully saturated rings. The summed E-state index contributed by atoms with van der Waals surface area (Å²) in [7, 11) is 0. The fourth-order valence-electron chi connectivity index (χ4n) is 5.29. The lowest BCUT2D eigenvalue weighted by molar-refractivity contribution is -0.128. The number of fused-ring (bicyclic) bond motifs is 2. The van der Waals surface area contributed by atoms with Crippen LogP contribution in [0.25, 0.3) is 0 Å². The van der Waals surface area contributed by atoms with Gasteiger partial charge in [0.15, 0.2) is 0 Å². The molecule has 0 unspecified atom stereocenters. The van der Waals surface area contributed by atoms with Gasteiger partial charge in [0.25, 0.3) is 0 Å². The summed E-state index contributed by atoms with van der Waals surface area (Å²) in [5, 5.41) is 3.47. The summed E-state index contributed by atoms with van der Waals surface area (Å²) in [5.74, 6) is 1.47. The first kappa shape index (κ1) is 13.5. The molecular formula is C17H29NO. The number of carbonyl (C=O) groups is 1. The van der Waals surface area contributed by atoms with Gasteiger partial charge >= 0.3 is 0 Å². The maximum Gasteiger partial charge on any atom is 0.223 e. The van der Waals surface area contributed by atoms with E-state index in [0.29, 0.717) is 23.3 Å². The first-order valence-corrected chi connectivity index (χ1v) is 8.24. The topological polar surface area (TPSA) is 29.1 Å². The van der Waals surface area contributed by atoms with Crippen LogP contribution in [0.5, 0.6) is 0 Å². The standard InChI is InChI=1S/C17H29NO/c1-16(2)13-9-10-17(3,11-13)15(16)18-14(19)12-7-5-4-6-8-12/h12-13,15H,4-11H2,1-3H3,(H,18,19)/t13-,15-,17-/m1/s1. The Kier molecular flexibility index (Phi) is 3.18. The molecule has 3 aliphatic rings. The summed E-state index contributed by atoms with van der Waals surface area (Å²) >= 11 is 0. The van der Waals surface area contributed by atoms with E-state index in [2.05, 4.69) is 26.1 Å². The molecule has 1 N–H and O–H groups in total. The van der Waals surface area contributed by atoms with E-state index in [1.807, 2.05) is 0 Å². The van der Waals surface area contributed by atoms with Crippen molar-refractivity contribution in [2.45, 2.75) is 78.2 Å². The minimum atomic E-state index is 0.289. The average molecular weight is 263 g/mol. The molecule has 0 saturated heterocycles. The van der Waals surface area contributed by atoms with Crippen LogP contribution >= 0.6 is 0 Å². The second kappa shape index (κ2) is 4.49. The van der Waals surface area contributed by atoms with Crippen LogP contribution in [0.3, 0.4) is 0 Å². The maximum atomic E-state index is 12.5. The lowest BCUT2D eigenvalue weighted by Gasteiger charge is -2.43. The Morgan fingerprint density at radius 2 is 1.74 bits per heavy atom. The molecule has 0 heterocycles. The highest BCUT2D eigenvalue weighted by atomic mass is 16.2. The second-order valence-electron chi connectivity index (χ2n) is 8.19. The third-order valence-electron chi connectivity index (χ3n) is 6.53. The quantitative estimate of drug-likeness (QED) is 0.804. The fourth-order valence-corrected chi connectivity index (χ4v) is 5.29. The van der Waals surface area contributed by atoms with E-state index in [1.54, 1.807) is 0 Å². The Bertz CT molecular complexity index is 365. The van der Waals surface area contributed by atoms with Crippen molar-refractivity contribution >= 4 is 5.91 Å². The van der Waals surface area contributed by atoms with E-state index in [1.165, 1.54) is 38.5 Å². The zero-order valence-corrected chi connectivity index (χ0v) is 12.8. The zero-order chi connectivity index (χ0) is 13.7. The first-order chi connectivity index (χ1) is 8.93. The number of rotatable bonds is 2. The number of hydrogen-bond acceptors (Lipinski definition) is 1. The summed E-state index contributed by atoms with van der Waals surface area (Å²) in [6.07, 6.45) is 10.0. The van der Waals surface area contributed by atoms with Crippen LogP contribution in [-0.4, -0.2) is 11.9 Å². The Labute approximate surface area is 117 Å². The lowest BCUT2D eigenvalue weighted by atomic mass is 9.68. The van der Waals surface area contributed by atoms with E-state index in [4.69, 9.17) is 0 Å². The highest BCUT2D eigenvalue weighted by Crippen LogP contribution is 2.62. The molecule has 3 aliphatic carbocycles. The largest absolute Gasteiger partial charge is 0.352 e. The molecule has 0 spiro atoms. The molecule has 0 aliphatic heterocycles. The monoisotopic (exact) mass is 263 g/mol. The van der Waals surface area contributed by atoms with Crippen LogP contribution in [0.15, 0.2) is 0 Å². The zero-order valence-electron chi connectivity index (χ0n) is 12.8. The van der Waals surface area contributed by atoms with Gasteiger partial charge in [-0.2, -0.15) is 0 Å². The van der Waals surface area contributed by atoms with Crippen LogP contribution in [-0.2, 0) is 4.79 Å². The molecule has 2 bridgehead atoms. The SMILES string of the molecule is CC1(C)[C@@H]2CC[C@](C)(C2)[C@@H]1NC(=O)C1CCCCC1. The van der Waals surface area contributed by atoms with Gasteiger partial charge in [-0.05, 0) is 48.9 Å². The second-order valence-corrected chi connectivity index (χ2v) is 8.19. The van der Waals surface area contributed by atoms with Crippen LogP contribution in [0.2, 0.25) is 0 Å². The van der Waals surface area contributed by atoms with Gasteiger partial charge < -0.3 is 5.32 Å². The van der Waals surface area contributed by atoms with Crippen molar-refractivity contribution in [1.82, 2.24) is 5.32 Å². The molecule has 2 heteroatoms. The van der Waals surface area contributed by atoms with Crippen molar-refractivity contribution < 1.29 is 4.79 Å². The summed E-state index contributed by atoms with van der Waals surface area (Å²) in [6.45, 7) is 7.13. The molecule has 0 aromatic heterocycles. The molecule has 0 radical (unpaired) electrons. The van der Waals surface area contributed by atoms with Crippen molar-refractivity contribution in [2.24, 2.45) is 22.7 Å². The van der Waals surface area contributed by atoms with Gasteiger partial charge in [-0.25, -0.2) is 0 Å². The van der Waals surface area contributed by atoms with Crippen molar-refractivity contribution in [3.8, 4) is 0 Å². The summed E-state index contributed by atoms with van der Waals surface area (Å²) in [6, 6.07) is 0.396.